The molecule has 1 aromatic rings. The number of nitrogens with zero attached hydrogens (tertiary/aromatic N) is 1. The lowest BCUT2D eigenvalue weighted by molar-refractivity contribution is -0.0513. The van der Waals surface area contributed by atoms with Gasteiger partial charge in [0, 0.05) is 11.3 Å². The van der Waals surface area contributed by atoms with Gasteiger partial charge < -0.3 is 20.3 Å². The molecule has 36 heavy (non-hydrogen) atoms. The number of thiocarbonyl (C=S) groups is 1. The number of hydrogen-bond acceptors (Lipinski definition) is 5. The quantitative estimate of drug-likeness (QED) is 0.308. The lowest BCUT2D eigenvalue weighted by atomic mass is 9.51. The van der Waals surface area contributed by atoms with Crippen LogP contribution < -0.4 is 20.6 Å². The van der Waals surface area contributed by atoms with E-state index in [1.54, 1.807) is 5.57 Å². The molecule has 1 aromatic carbocycles. The van der Waals surface area contributed by atoms with E-state index in [1.165, 1.54) is 16.7 Å². The summed E-state index contributed by atoms with van der Waals surface area (Å²) in [5.41, 5.74) is 13.8. The van der Waals surface area contributed by atoms with Gasteiger partial charge in [0.05, 0.1) is 5.71 Å². The third-order valence-electron chi connectivity index (χ3n) is 9.34. The van der Waals surface area contributed by atoms with Gasteiger partial charge in [-0.15, -0.1) is 5.92 Å². The SMILES string of the molecule is CC#C[C@]1(O)CC[C@H]2[C@@H]3CCC4=C/C(=N\NC(N)=S)CCC4=C3[C@@H](c3ccc4c(c3)OCO4)C[C@@]21C. The zero-order valence-electron chi connectivity index (χ0n) is 20.9. The number of aliphatic hydroxyl groups is 1. The highest BCUT2D eigenvalue weighted by Crippen LogP contribution is 2.66. The van der Waals surface area contributed by atoms with E-state index in [-0.39, 0.29) is 23.2 Å². The number of hydrazone groups is 1. The minimum Gasteiger partial charge on any atom is -0.454 e. The predicted molar refractivity (Wildman–Crippen MR) is 144 cm³/mol. The van der Waals surface area contributed by atoms with Gasteiger partial charge in [-0.05, 0) is 111 Å². The highest BCUT2D eigenvalue weighted by molar-refractivity contribution is 7.80. The molecule has 188 valence electrons. The van der Waals surface area contributed by atoms with Crippen LogP contribution in [0.4, 0.5) is 0 Å². The van der Waals surface area contributed by atoms with E-state index in [0.717, 1.165) is 62.2 Å². The maximum absolute atomic E-state index is 11.8. The van der Waals surface area contributed by atoms with Gasteiger partial charge in [0.1, 0.15) is 5.60 Å². The molecule has 6 rings (SSSR count). The van der Waals surface area contributed by atoms with E-state index in [2.05, 4.69) is 47.5 Å². The second-order valence-corrected chi connectivity index (χ2v) is 11.4. The fraction of sp³-hybridized carbons (Fsp3) is 0.517. The van der Waals surface area contributed by atoms with Crippen LogP contribution in [-0.4, -0.2) is 28.3 Å². The monoisotopic (exact) mass is 503 g/mol. The van der Waals surface area contributed by atoms with Crippen molar-refractivity contribution >= 4 is 23.0 Å². The Morgan fingerprint density at radius 1 is 1.22 bits per heavy atom. The van der Waals surface area contributed by atoms with E-state index >= 15 is 0 Å². The van der Waals surface area contributed by atoms with Crippen LogP contribution in [0.25, 0.3) is 0 Å². The minimum absolute atomic E-state index is 0.187. The highest BCUT2D eigenvalue weighted by Gasteiger charge is 2.62. The number of ether oxygens (including phenoxy) is 2. The largest absolute Gasteiger partial charge is 0.454 e. The number of allylic oxidation sites excluding steroid dienone is 4. The van der Waals surface area contributed by atoms with Crippen molar-refractivity contribution in [3.05, 3.63) is 46.6 Å². The van der Waals surface area contributed by atoms with Crippen molar-refractivity contribution in [1.82, 2.24) is 5.43 Å². The Labute approximate surface area is 218 Å². The Kier molecular flexibility index (Phi) is 5.66. The van der Waals surface area contributed by atoms with Gasteiger partial charge in [-0.25, -0.2) is 0 Å². The Morgan fingerprint density at radius 3 is 2.86 bits per heavy atom. The zero-order chi connectivity index (χ0) is 25.1. The first kappa shape index (κ1) is 23.6. The molecule has 0 radical (unpaired) electrons. The van der Waals surface area contributed by atoms with Crippen LogP contribution in [0.15, 0.2) is 46.1 Å². The minimum atomic E-state index is -0.952. The second kappa shape index (κ2) is 8.64. The van der Waals surface area contributed by atoms with Crippen LogP contribution in [0.1, 0.15) is 70.3 Å². The van der Waals surface area contributed by atoms with Gasteiger partial charge in [-0.2, -0.15) is 5.10 Å². The van der Waals surface area contributed by atoms with Crippen molar-refractivity contribution in [2.24, 2.45) is 28.1 Å². The Hall–Kier alpha value is -2.82. The van der Waals surface area contributed by atoms with Crippen LogP contribution in [0, 0.1) is 29.1 Å². The average Bonchev–Trinajstić information content (AvgIpc) is 3.43. The fourth-order valence-electron chi connectivity index (χ4n) is 7.73. The van der Waals surface area contributed by atoms with E-state index in [0.29, 0.717) is 11.8 Å². The van der Waals surface area contributed by atoms with Crippen LogP contribution in [0.5, 0.6) is 11.5 Å². The first-order chi connectivity index (χ1) is 17.3. The Bertz CT molecular complexity index is 1290. The summed E-state index contributed by atoms with van der Waals surface area (Å²) in [6, 6.07) is 6.37. The van der Waals surface area contributed by atoms with Gasteiger partial charge in [0.15, 0.2) is 16.6 Å². The number of rotatable bonds is 2. The molecule has 7 heteroatoms. The van der Waals surface area contributed by atoms with Gasteiger partial charge >= 0.3 is 0 Å². The summed E-state index contributed by atoms with van der Waals surface area (Å²) in [5.74, 6) is 8.95. The molecule has 5 atom stereocenters. The summed E-state index contributed by atoms with van der Waals surface area (Å²) in [6.45, 7) is 4.39. The summed E-state index contributed by atoms with van der Waals surface area (Å²) in [6.07, 6.45) is 8.77. The summed E-state index contributed by atoms with van der Waals surface area (Å²) in [4.78, 5) is 0. The summed E-state index contributed by atoms with van der Waals surface area (Å²) < 4.78 is 11.4. The molecule has 6 nitrogen and oxygen atoms in total. The third kappa shape index (κ3) is 3.57. The Morgan fingerprint density at radius 2 is 2.06 bits per heavy atom. The zero-order valence-corrected chi connectivity index (χ0v) is 21.7. The maximum atomic E-state index is 11.8. The molecule has 0 aromatic heterocycles. The molecular weight excluding hydrogens is 470 g/mol. The first-order valence-corrected chi connectivity index (χ1v) is 13.4. The number of benzene rings is 1. The summed E-state index contributed by atoms with van der Waals surface area (Å²) >= 11 is 4.93. The lowest BCUT2D eigenvalue weighted by Crippen LogP contribution is -2.51. The summed E-state index contributed by atoms with van der Waals surface area (Å²) in [5, 5.41) is 16.4. The number of nitrogens with one attached hydrogen (secondary N) is 1. The third-order valence-corrected chi connectivity index (χ3v) is 9.43. The summed E-state index contributed by atoms with van der Waals surface area (Å²) in [7, 11) is 0. The van der Waals surface area contributed by atoms with E-state index in [9.17, 15) is 5.11 Å². The number of nitrogens with two attached hydrogens (primary N) is 1. The van der Waals surface area contributed by atoms with Crippen molar-refractivity contribution in [1.29, 1.82) is 0 Å². The normalized spacial score (nSPS) is 35.2. The van der Waals surface area contributed by atoms with Gasteiger partial charge in [0.25, 0.3) is 0 Å². The van der Waals surface area contributed by atoms with E-state index in [1.807, 2.05) is 13.0 Å². The van der Waals surface area contributed by atoms with Crippen LogP contribution >= 0.6 is 12.2 Å². The van der Waals surface area contributed by atoms with Crippen molar-refractivity contribution < 1.29 is 14.6 Å². The molecule has 4 N–H and O–H groups in total. The van der Waals surface area contributed by atoms with Crippen LogP contribution in [-0.2, 0) is 0 Å². The highest BCUT2D eigenvalue weighted by atomic mass is 32.1. The smallest absolute Gasteiger partial charge is 0.231 e. The molecule has 2 fully saturated rings. The van der Waals surface area contributed by atoms with E-state index < -0.39 is 5.60 Å². The van der Waals surface area contributed by atoms with E-state index in [4.69, 9.17) is 27.4 Å². The molecule has 1 aliphatic heterocycles. The van der Waals surface area contributed by atoms with Crippen LogP contribution in [0.2, 0.25) is 0 Å². The fourth-order valence-corrected chi connectivity index (χ4v) is 7.78. The van der Waals surface area contributed by atoms with Crippen molar-refractivity contribution in [3.8, 4) is 23.3 Å². The Balaban J connectivity index is 1.48. The predicted octanol–water partition coefficient (Wildman–Crippen LogP) is 4.69. The second-order valence-electron chi connectivity index (χ2n) is 11.0. The van der Waals surface area contributed by atoms with Crippen molar-refractivity contribution in [2.75, 3.05) is 6.79 Å². The molecule has 2 saturated carbocycles. The molecule has 0 saturated heterocycles. The molecular formula is C29H33N3O3S. The number of hydrogen-bond donors (Lipinski definition) is 3. The molecule has 0 spiro atoms. The van der Waals surface area contributed by atoms with Gasteiger partial charge in [0.2, 0.25) is 6.79 Å². The number of fused-ring (bicyclic) bond motifs is 5. The molecule has 0 bridgehead atoms. The molecule has 0 unspecified atom stereocenters. The molecule has 5 aliphatic rings. The molecule has 4 aliphatic carbocycles. The topological polar surface area (TPSA) is 89.1 Å². The van der Waals surface area contributed by atoms with Gasteiger partial charge in [-0.1, -0.05) is 24.5 Å². The van der Waals surface area contributed by atoms with Gasteiger partial charge in [-0.3, -0.25) is 5.43 Å². The average molecular weight is 504 g/mol. The molecule has 0 amide bonds. The lowest BCUT2D eigenvalue weighted by Gasteiger charge is -2.53. The molecule has 1 heterocycles. The standard InChI is InChI=1S/C29H33N3O3S/c1-3-11-29(33)12-10-23-21-7-4-17-13-19(31-32-27(30)36)6-8-20(17)26(21)22(15-28(23,29)2)18-5-9-24-25(14-18)35-16-34-24/h5,9,13-14,21-23,33H,4,6-8,10,12,15-16H2,1-2H3,(H3,30,32,36)/b31-19-/t21-,22+,23-,28-,29-/m0/s1. The maximum Gasteiger partial charge on any atom is 0.231 e. The first-order valence-electron chi connectivity index (χ1n) is 12.9. The van der Waals surface area contributed by atoms with Crippen LogP contribution in [0.3, 0.4) is 0 Å². The van der Waals surface area contributed by atoms with Crippen molar-refractivity contribution in [2.45, 2.75) is 70.3 Å². The van der Waals surface area contributed by atoms with Crippen molar-refractivity contribution in [3.63, 3.8) is 0 Å².